The summed E-state index contributed by atoms with van der Waals surface area (Å²) in [6, 6.07) is 12.6. The third-order valence-electron chi connectivity index (χ3n) is 4.70. The Kier molecular flexibility index (Phi) is 5.47. The molecule has 3 amide bonds. The van der Waals surface area contributed by atoms with Crippen LogP contribution in [0.5, 0.6) is 0 Å². The van der Waals surface area contributed by atoms with Crippen LogP contribution in [0.3, 0.4) is 0 Å². The predicted molar refractivity (Wildman–Crippen MR) is 104 cm³/mol. The summed E-state index contributed by atoms with van der Waals surface area (Å²) in [5.74, 6) is -0.130. The van der Waals surface area contributed by atoms with Gasteiger partial charge in [0.25, 0.3) is 0 Å². The van der Waals surface area contributed by atoms with Crippen LogP contribution < -0.4 is 10.6 Å². The zero-order chi connectivity index (χ0) is 18.7. The van der Waals surface area contributed by atoms with Crippen molar-refractivity contribution in [3.8, 4) is 0 Å². The summed E-state index contributed by atoms with van der Waals surface area (Å²) in [7, 11) is 0. The Morgan fingerprint density at radius 3 is 2.69 bits per heavy atom. The predicted octanol–water partition coefficient (Wildman–Crippen LogP) is 3.53. The van der Waals surface area contributed by atoms with E-state index in [9.17, 15) is 9.59 Å². The van der Waals surface area contributed by atoms with Gasteiger partial charge in [-0.25, -0.2) is 4.79 Å². The Bertz CT molecular complexity index is 823. The SMILES string of the molecule is Cc1ccc(Cl)c(C)c1NC(=O)N1CCNC(=O)[C@@H]1Cc1ccccc1. The van der Waals surface area contributed by atoms with Crippen molar-refractivity contribution < 1.29 is 9.59 Å². The molecule has 6 heteroatoms. The number of piperazine rings is 1. The third kappa shape index (κ3) is 3.83. The van der Waals surface area contributed by atoms with E-state index in [0.717, 1.165) is 16.7 Å². The van der Waals surface area contributed by atoms with Crippen molar-refractivity contribution in [1.29, 1.82) is 0 Å². The quantitative estimate of drug-likeness (QED) is 0.867. The minimum atomic E-state index is -0.536. The number of carbonyl (C=O) groups is 2. The normalized spacial score (nSPS) is 17.0. The lowest BCUT2D eigenvalue weighted by Crippen LogP contribution is -2.59. The van der Waals surface area contributed by atoms with Crippen LogP contribution in [-0.2, 0) is 11.2 Å². The molecule has 0 spiro atoms. The molecule has 5 nitrogen and oxygen atoms in total. The van der Waals surface area contributed by atoms with Crippen LogP contribution in [0.2, 0.25) is 5.02 Å². The van der Waals surface area contributed by atoms with E-state index in [0.29, 0.717) is 30.2 Å². The summed E-state index contributed by atoms with van der Waals surface area (Å²) < 4.78 is 0. The van der Waals surface area contributed by atoms with Gasteiger partial charge in [0.05, 0.1) is 0 Å². The van der Waals surface area contributed by atoms with Crippen molar-refractivity contribution in [3.63, 3.8) is 0 Å². The number of urea groups is 1. The number of hydrogen-bond donors (Lipinski definition) is 2. The summed E-state index contributed by atoms with van der Waals surface area (Å²) in [6.07, 6.45) is 0.480. The van der Waals surface area contributed by atoms with Gasteiger partial charge in [0, 0.05) is 30.2 Å². The number of nitrogens with one attached hydrogen (secondary N) is 2. The van der Waals surface area contributed by atoms with E-state index in [1.807, 2.05) is 56.3 Å². The van der Waals surface area contributed by atoms with E-state index in [1.54, 1.807) is 4.90 Å². The molecule has 0 aliphatic carbocycles. The maximum atomic E-state index is 12.9. The van der Waals surface area contributed by atoms with Crippen LogP contribution in [0, 0.1) is 13.8 Å². The minimum absolute atomic E-state index is 0.130. The lowest BCUT2D eigenvalue weighted by atomic mass is 10.0. The second kappa shape index (κ2) is 7.79. The Hall–Kier alpha value is -2.53. The molecule has 1 fully saturated rings. The average molecular weight is 372 g/mol. The number of halogens is 1. The Morgan fingerprint density at radius 1 is 1.23 bits per heavy atom. The number of anilines is 1. The fraction of sp³-hybridized carbons (Fsp3) is 0.300. The van der Waals surface area contributed by atoms with Crippen molar-refractivity contribution in [1.82, 2.24) is 10.2 Å². The average Bonchev–Trinajstić information content (AvgIpc) is 2.64. The van der Waals surface area contributed by atoms with Gasteiger partial charge < -0.3 is 15.5 Å². The summed E-state index contributed by atoms with van der Waals surface area (Å²) in [5, 5.41) is 6.40. The first-order valence-electron chi connectivity index (χ1n) is 8.62. The molecular weight excluding hydrogens is 350 g/mol. The van der Waals surface area contributed by atoms with Crippen LogP contribution >= 0.6 is 11.6 Å². The summed E-state index contributed by atoms with van der Waals surface area (Å²) >= 11 is 6.19. The van der Waals surface area contributed by atoms with E-state index in [4.69, 9.17) is 11.6 Å². The van der Waals surface area contributed by atoms with E-state index in [-0.39, 0.29) is 11.9 Å². The smallest absolute Gasteiger partial charge is 0.322 e. The lowest BCUT2D eigenvalue weighted by molar-refractivity contribution is -0.127. The number of benzene rings is 2. The zero-order valence-electron chi connectivity index (χ0n) is 14.9. The molecule has 2 N–H and O–H groups in total. The molecule has 1 heterocycles. The van der Waals surface area contributed by atoms with Crippen LogP contribution in [0.1, 0.15) is 16.7 Å². The van der Waals surface area contributed by atoms with Crippen molar-refractivity contribution in [2.24, 2.45) is 0 Å². The van der Waals surface area contributed by atoms with E-state index >= 15 is 0 Å². The van der Waals surface area contributed by atoms with Crippen LogP contribution in [-0.4, -0.2) is 36.0 Å². The molecule has 2 aromatic carbocycles. The Morgan fingerprint density at radius 2 is 1.96 bits per heavy atom. The number of rotatable bonds is 3. The van der Waals surface area contributed by atoms with Gasteiger partial charge in [-0.1, -0.05) is 48.0 Å². The van der Waals surface area contributed by atoms with Crippen molar-refractivity contribution in [3.05, 3.63) is 64.2 Å². The fourth-order valence-corrected chi connectivity index (χ4v) is 3.35. The first-order valence-corrected chi connectivity index (χ1v) is 9.00. The standard InChI is InChI=1S/C20H22ClN3O2/c1-13-8-9-16(21)14(2)18(13)23-20(26)24-11-10-22-19(25)17(24)12-15-6-4-3-5-7-15/h3-9,17H,10-12H2,1-2H3,(H,22,25)(H,23,26)/t17-/m0/s1. The Balaban J connectivity index is 1.82. The van der Waals surface area contributed by atoms with Gasteiger partial charge in [0.1, 0.15) is 6.04 Å². The molecule has 1 atom stereocenters. The molecule has 0 saturated carbocycles. The molecule has 0 unspecified atom stereocenters. The summed E-state index contributed by atoms with van der Waals surface area (Å²) in [4.78, 5) is 26.9. The number of amides is 3. The molecule has 136 valence electrons. The molecule has 26 heavy (non-hydrogen) atoms. The molecule has 1 saturated heterocycles. The highest BCUT2D eigenvalue weighted by Gasteiger charge is 2.33. The molecule has 3 rings (SSSR count). The number of nitrogens with zero attached hydrogens (tertiary/aromatic N) is 1. The molecule has 2 aromatic rings. The fourth-order valence-electron chi connectivity index (χ4n) is 3.19. The number of hydrogen-bond acceptors (Lipinski definition) is 2. The highest BCUT2D eigenvalue weighted by Crippen LogP contribution is 2.27. The lowest BCUT2D eigenvalue weighted by Gasteiger charge is -2.35. The first kappa shape index (κ1) is 18.3. The van der Waals surface area contributed by atoms with Crippen molar-refractivity contribution >= 4 is 29.2 Å². The van der Waals surface area contributed by atoms with Gasteiger partial charge in [0.15, 0.2) is 0 Å². The van der Waals surface area contributed by atoms with Crippen molar-refractivity contribution in [2.75, 3.05) is 18.4 Å². The molecule has 0 radical (unpaired) electrons. The highest BCUT2D eigenvalue weighted by molar-refractivity contribution is 6.31. The highest BCUT2D eigenvalue weighted by atomic mass is 35.5. The largest absolute Gasteiger partial charge is 0.353 e. The first-order chi connectivity index (χ1) is 12.5. The summed E-state index contributed by atoms with van der Waals surface area (Å²) in [6.45, 7) is 4.71. The molecular formula is C20H22ClN3O2. The maximum Gasteiger partial charge on any atom is 0.322 e. The van der Waals surface area contributed by atoms with Crippen LogP contribution in [0.25, 0.3) is 0 Å². The van der Waals surface area contributed by atoms with Gasteiger partial charge in [-0.05, 0) is 36.6 Å². The zero-order valence-corrected chi connectivity index (χ0v) is 15.6. The second-order valence-electron chi connectivity index (χ2n) is 6.48. The second-order valence-corrected chi connectivity index (χ2v) is 6.89. The van der Waals surface area contributed by atoms with Gasteiger partial charge in [-0.3, -0.25) is 4.79 Å². The van der Waals surface area contributed by atoms with E-state index < -0.39 is 6.04 Å². The Labute approximate surface area is 158 Å². The van der Waals surface area contributed by atoms with Gasteiger partial charge in [0.2, 0.25) is 5.91 Å². The van der Waals surface area contributed by atoms with Crippen molar-refractivity contribution in [2.45, 2.75) is 26.3 Å². The molecule has 0 bridgehead atoms. The van der Waals surface area contributed by atoms with Gasteiger partial charge in [-0.2, -0.15) is 0 Å². The van der Waals surface area contributed by atoms with Crippen LogP contribution in [0.4, 0.5) is 10.5 Å². The van der Waals surface area contributed by atoms with Crippen LogP contribution in [0.15, 0.2) is 42.5 Å². The van der Waals surface area contributed by atoms with Gasteiger partial charge >= 0.3 is 6.03 Å². The maximum absolute atomic E-state index is 12.9. The van der Waals surface area contributed by atoms with Gasteiger partial charge in [-0.15, -0.1) is 0 Å². The van der Waals surface area contributed by atoms with E-state index in [2.05, 4.69) is 10.6 Å². The number of carbonyl (C=O) groups excluding carboxylic acids is 2. The topological polar surface area (TPSA) is 61.4 Å². The third-order valence-corrected chi connectivity index (χ3v) is 5.11. The van der Waals surface area contributed by atoms with E-state index in [1.165, 1.54) is 0 Å². The molecule has 0 aromatic heterocycles. The minimum Gasteiger partial charge on any atom is -0.353 e. The molecule has 1 aliphatic heterocycles. The molecule has 1 aliphatic rings. The number of aryl methyl sites for hydroxylation is 1. The monoisotopic (exact) mass is 371 g/mol. The summed E-state index contributed by atoms with van der Waals surface area (Å²) in [5.41, 5.74) is 3.47.